The second-order valence-corrected chi connectivity index (χ2v) is 9.96. The lowest BCUT2D eigenvalue weighted by Crippen LogP contribution is -2.50. The van der Waals surface area contributed by atoms with Crippen LogP contribution in [-0.2, 0) is 14.3 Å². The second kappa shape index (κ2) is 10.9. The number of rotatable bonds is 7. The number of hydrogen-bond donors (Lipinski definition) is 1. The topological polar surface area (TPSA) is 115 Å². The minimum atomic E-state index is -1.78. The molecule has 186 valence electrons. The van der Waals surface area contributed by atoms with Crippen LogP contribution in [0.1, 0.15) is 23.2 Å². The molecule has 0 spiro atoms. The summed E-state index contributed by atoms with van der Waals surface area (Å²) in [5.41, 5.74) is 0.133. The maximum absolute atomic E-state index is 13.3. The van der Waals surface area contributed by atoms with E-state index in [1.54, 1.807) is 0 Å². The highest BCUT2D eigenvalue weighted by Gasteiger charge is 2.45. The SMILES string of the molecule is C=CCOC(=O)N1c2cc(OCC(=O)OCC(Cl)(Cl)Cl)c(OC)cc2C(=O)N2CCC[C@H]2C1O. The zero-order chi connectivity index (χ0) is 25.0. The summed E-state index contributed by atoms with van der Waals surface area (Å²) in [7, 11) is 1.35. The van der Waals surface area contributed by atoms with Crippen LogP contribution < -0.4 is 14.4 Å². The molecule has 13 heteroatoms. The predicted octanol–water partition coefficient (Wildman–Crippen LogP) is 3.05. The van der Waals surface area contributed by atoms with Gasteiger partial charge >= 0.3 is 12.1 Å². The Hall–Kier alpha value is -2.40. The molecule has 1 saturated heterocycles. The van der Waals surface area contributed by atoms with Crippen molar-refractivity contribution in [2.24, 2.45) is 0 Å². The van der Waals surface area contributed by atoms with E-state index in [2.05, 4.69) is 6.58 Å². The van der Waals surface area contributed by atoms with Gasteiger partial charge in [0.05, 0.1) is 24.4 Å². The highest BCUT2D eigenvalue weighted by atomic mass is 35.6. The van der Waals surface area contributed by atoms with Crippen molar-refractivity contribution < 1.29 is 38.4 Å². The highest BCUT2D eigenvalue weighted by molar-refractivity contribution is 6.67. The van der Waals surface area contributed by atoms with Crippen LogP contribution in [0.4, 0.5) is 10.5 Å². The zero-order valence-electron chi connectivity index (χ0n) is 18.2. The summed E-state index contributed by atoms with van der Waals surface area (Å²) in [6.45, 7) is 2.76. The lowest BCUT2D eigenvalue weighted by Gasteiger charge is -2.31. The van der Waals surface area contributed by atoms with Gasteiger partial charge < -0.3 is 29.0 Å². The van der Waals surface area contributed by atoms with Crippen molar-refractivity contribution in [1.29, 1.82) is 0 Å². The van der Waals surface area contributed by atoms with Gasteiger partial charge in [-0.05, 0) is 18.9 Å². The molecule has 1 N–H and O–H groups in total. The van der Waals surface area contributed by atoms with Gasteiger partial charge in [-0.1, -0.05) is 47.5 Å². The number of benzene rings is 1. The van der Waals surface area contributed by atoms with Crippen molar-refractivity contribution in [2.75, 3.05) is 38.4 Å². The number of carbonyl (C=O) groups is 3. The molecule has 1 aromatic carbocycles. The van der Waals surface area contributed by atoms with E-state index in [-0.39, 0.29) is 35.3 Å². The molecule has 2 amide bonds. The maximum Gasteiger partial charge on any atom is 0.416 e. The summed E-state index contributed by atoms with van der Waals surface area (Å²) in [5, 5.41) is 11.1. The number of anilines is 1. The van der Waals surface area contributed by atoms with Gasteiger partial charge in [0, 0.05) is 12.6 Å². The quantitative estimate of drug-likeness (QED) is 0.321. The fraction of sp³-hybridized carbons (Fsp3) is 0.476. The molecule has 2 aliphatic heterocycles. The highest BCUT2D eigenvalue weighted by Crippen LogP contribution is 2.41. The first-order chi connectivity index (χ1) is 16.1. The van der Waals surface area contributed by atoms with E-state index < -0.39 is 41.3 Å². The minimum absolute atomic E-state index is 0.00987. The summed E-state index contributed by atoms with van der Waals surface area (Å²) < 4.78 is 19.0. The van der Waals surface area contributed by atoms with Crippen molar-refractivity contribution in [3.8, 4) is 11.5 Å². The third-order valence-electron chi connectivity index (χ3n) is 5.20. The van der Waals surface area contributed by atoms with Crippen LogP contribution in [0.2, 0.25) is 0 Å². The van der Waals surface area contributed by atoms with Crippen molar-refractivity contribution in [1.82, 2.24) is 4.90 Å². The second-order valence-electron chi connectivity index (χ2n) is 7.44. The number of aliphatic hydroxyl groups excluding tert-OH is 1. The number of carbonyl (C=O) groups excluding carboxylic acids is 3. The fourth-order valence-corrected chi connectivity index (χ4v) is 3.93. The lowest BCUT2D eigenvalue weighted by atomic mass is 10.1. The lowest BCUT2D eigenvalue weighted by molar-refractivity contribution is -0.145. The van der Waals surface area contributed by atoms with E-state index >= 15 is 0 Å². The molecule has 1 unspecified atom stereocenters. The monoisotopic (exact) mass is 536 g/mol. The molecule has 2 atom stereocenters. The molecule has 2 aliphatic rings. The largest absolute Gasteiger partial charge is 0.493 e. The van der Waals surface area contributed by atoms with Crippen LogP contribution >= 0.6 is 34.8 Å². The molecule has 10 nitrogen and oxygen atoms in total. The van der Waals surface area contributed by atoms with Crippen LogP contribution in [0.15, 0.2) is 24.8 Å². The third kappa shape index (κ3) is 5.80. The summed E-state index contributed by atoms with van der Waals surface area (Å²) >= 11 is 16.7. The molecule has 2 heterocycles. The third-order valence-corrected chi connectivity index (χ3v) is 5.53. The van der Waals surface area contributed by atoms with E-state index in [1.165, 1.54) is 30.2 Å². The number of esters is 1. The van der Waals surface area contributed by atoms with Gasteiger partial charge in [0.15, 0.2) is 24.3 Å². The molecular weight excluding hydrogens is 515 g/mol. The number of hydrogen-bond acceptors (Lipinski definition) is 8. The number of alkyl halides is 3. The van der Waals surface area contributed by atoms with Crippen LogP contribution in [-0.4, -0.2) is 77.5 Å². The predicted molar refractivity (Wildman–Crippen MR) is 124 cm³/mol. The summed E-state index contributed by atoms with van der Waals surface area (Å²) in [6, 6.07) is 2.07. The Morgan fingerprint density at radius 1 is 1.26 bits per heavy atom. The van der Waals surface area contributed by atoms with Gasteiger partial charge in [0.25, 0.3) is 5.91 Å². The average molecular weight is 538 g/mol. The van der Waals surface area contributed by atoms with Crippen LogP contribution in [0.5, 0.6) is 11.5 Å². The number of aliphatic hydroxyl groups is 1. The first-order valence-electron chi connectivity index (χ1n) is 10.2. The first-order valence-corrected chi connectivity index (χ1v) is 11.3. The smallest absolute Gasteiger partial charge is 0.416 e. The Balaban J connectivity index is 1.97. The average Bonchev–Trinajstić information content (AvgIpc) is 3.26. The molecule has 3 rings (SSSR count). The molecule has 0 saturated carbocycles. The molecule has 34 heavy (non-hydrogen) atoms. The molecule has 0 aromatic heterocycles. The number of fused-ring (bicyclic) bond motifs is 2. The van der Waals surface area contributed by atoms with Gasteiger partial charge in [0.1, 0.15) is 13.2 Å². The van der Waals surface area contributed by atoms with E-state index in [9.17, 15) is 19.5 Å². The standard InChI is InChI=1S/C21H23Cl3N2O8/c1-3-7-32-20(30)26-14-9-16(33-10-17(27)34-11-21(22,23)24)15(31-2)8-12(14)18(28)25-6-4-5-13(25)19(26)29/h3,8-9,13,19,29H,1,4-7,10-11H2,2H3/t13-,19?/m0/s1. The van der Waals surface area contributed by atoms with E-state index in [0.29, 0.717) is 19.4 Å². The Morgan fingerprint density at radius 3 is 2.65 bits per heavy atom. The number of ether oxygens (including phenoxy) is 4. The maximum atomic E-state index is 13.3. The van der Waals surface area contributed by atoms with Crippen LogP contribution in [0.25, 0.3) is 0 Å². The summed E-state index contributed by atoms with van der Waals surface area (Å²) in [4.78, 5) is 40.6. The summed E-state index contributed by atoms with van der Waals surface area (Å²) in [5.74, 6) is -1.09. The van der Waals surface area contributed by atoms with Gasteiger partial charge in [-0.3, -0.25) is 4.79 Å². The first kappa shape index (κ1) is 26.2. The van der Waals surface area contributed by atoms with Crippen molar-refractivity contribution in [3.63, 3.8) is 0 Å². The van der Waals surface area contributed by atoms with Crippen LogP contribution in [0.3, 0.4) is 0 Å². The molecule has 0 radical (unpaired) electrons. The van der Waals surface area contributed by atoms with Gasteiger partial charge in [-0.15, -0.1) is 0 Å². The van der Waals surface area contributed by atoms with Gasteiger partial charge in [-0.2, -0.15) is 0 Å². The van der Waals surface area contributed by atoms with Crippen LogP contribution in [0, 0.1) is 0 Å². The fourth-order valence-electron chi connectivity index (χ4n) is 3.76. The Bertz CT molecular complexity index is 968. The normalized spacial score (nSPS) is 19.6. The molecular formula is C21H23Cl3N2O8. The molecule has 1 fully saturated rings. The molecule has 1 aromatic rings. The van der Waals surface area contributed by atoms with Gasteiger partial charge in [-0.25, -0.2) is 14.5 Å². The van der Waals surface area contributed by atoms with Crippen molar-refractivity contribution >= 4 is 58.5 Å². The number of halogens is 3. The summed E-state index contributed by atoms with van der Waals surface area (Å²) in [6.07, 6.45) is 0.296. The van der Waals surface area contributed by atoms with Crippen molar-refractivity contribution in [2.45, 2.75) is 28.9 Å². The number of nitrogens with zero attached hydrogens (tertiary/aromatic N) is 2. The van der Waals surface area contributed by atoms with E-state index in [4.69, 9.17) is 53.8 Å². The van der Waals surface area contributed by atoms with Gasteiger partial charge in [0.2, 0.25) is 3.79 Å². The zero-order valence-corrected chi connectivity index (χ0v) is 20.4. The Morgan fingerprint density at radius 2 is 2.00 bits per heavy atom. The minimum Gasteiger partial charge on any atom is -0.493 e. The Labute approximate surface area is 210 Å². The van der Waals surface area contributed by atoms with Crippen molar-refractivity contribution in [3.05, 3.63) is 30.4 Å². The van der Waals surface area contributed by atoms with E-state index in [1.807, 2.05) is 0 Å². The van der Waals surface area contributed by atoms with E-state index in [0.717, 1.165) is 4.90 Å². The Kier molecular flexibility index (Phi) is 8.40. The molecule has 0 bridgehead atoms. The number of amides is 2. The number of methoxy groups -OCH3 is 1. The molecule has 0 aliphatic carbocycles.